The Kier molecular flexibility index (Phi) is 5.72. The molecule has 1 unspecified atom stereocenters. The van der Waals surface area contributed by atoms with Crippen LogP contribution in [0.1, 0.15) is 12.1 Å². The highest BCUT2D eigenvalue weighted by Crippen LogP contribution is 2.34. The summed E-state index contributed by atoms with van der Waals surface area (Å²) in [7, 11) is 0. The Bertz CT molecular complexity index is 1430. The molecular formula is C25H20N6O3. The highest BCUT2D eigenvalue weighted by molar-refractivity contribution is 6.00. The van der Waals surface area contributed by atoms with Crippen LogP contribution in [0.4, 0.5) is 5.69 Å². The van der Waals surface area contributed by atoms with Crippen LogP contribution in [0.3, 0.4) is 0 Å². The third-order valence-electron chi connectivity index (χ3n) is 5.51. The average molecular weight is 452 g/mol. The molecule has 4 aromatic rings. The zero-order valence-corrected chi connectivity index (χ0v) is 18.1. The van der Waals surface area contributed by atoms with Crippen LogP contribution in [-0.2, 0) is 9.53 Å². The molecule has 1 aliphatic heterocycles. The highest BCUT2D eigenvalue weighted by Gasteiger charge is 2.21. The number of carbonyl (C=O) groups is 1. The van der Waals surface area contributed by atoms with E-state index >= 15 is 0 Å². The highest BCUT2D eigenvalue weighted by atomic mass is 16.5. The van der Waals surface area contributed by atoms with Gasteiger partial charge < -0.3 is 19.8 Å². The molecule has 168 valence electrons. The fourth-order valence-electron chi connectivity index (χ4n) is 3.80. The first kappa shape index (κ1) is 21.3. The van der Waals surface area contributed by atoms with Crippen molar-refractivity contribution in [2.75, 3.05) is 18.5 Å². The monoisotopic (exact) mass is 452 g/mol. The predicted octanol–water partition coefficient (Wildman–Crippen LogP) is 3.85. The number of hydrogen-bond donors (Lipinski definition) is 2. The first-order valence-corrected chi connectivity index (χ1v) is 10.7. The van der Waals surface area contributed by atoms with Crippen LogP contribution in [-0.4, -0.2) is 45.2 Å². The van der Waals surface area contributed by atoms with Gasteiger partial charge in [0.15, 0.2) is 0 Å². The molecule has 34 heavy (non-hydrogen) atoms. The molecule has 9 heteroatoms. The van der Waals surface area contributed by atoms with E-state index in [4.69, 9.17) is 9.47 Å². The zero-order chi connectivity index (χ0) is 23.5. The number of pyridine rings is 3. The lowest BCUT2D eigenvalue weighted by Crippen LogP contribution is -2.18. The fourth-order valence-corrected chi connectivity index (χ4v) is 3.80. The molecule has 0 saturated carbocycles. The maximum absolute atomic E-state index is 12.0. The van der Waals surface area contributed by atoms with Gasteiger partial charge in [0.25, 0.3) is 0 Å². The number of fused-ring (bicyclic) bond motifs is 1. The molecule has 2 N–H and O–H groups in total. The number of nitrogens with one attached hydrogen (secondary N) is 2. The van der Waals surface area contributed by atoms with Crippen molar-refractivity contribution in [2.45, 2.75) is 12.5 Å². The lowest BCUT2D eigenvalue weighted by atomic mass is 10.0. The Morgan fingerprint density at radius 2 is 2.09 bits per heavy atom. The van der Waals surface area contributed by atoms with Gasteiger partial charge in [0.2, 0.25) is 11.8 Å². The molecule has 0 aromatic carbocycles. The Morgan fingerprint density at radius 3 is 2.88 bits per heavy atom. The first-order valence-electron chi connectivity index (χ1n) is 10.7. The minimum atomic E-state index is -0.362. The van der Waals surface area contributed by atoms with Gasteiger partial charge in [-0.05, 0) is 35.9 Å². The van der Waals surface area contributed by atoms with Gasteiger partial charge in [0.1, 0.15) is 29.2 Å². The van der Waals surface area contributed by atoms with Crippen molar-refractivity contribution in [3.8, 4) is 34.2 Å². The zero-order valence-electron chi connectivity index (χ0n) is 18.1. The summed E-state index contributed by atoms with van der Waals surface area (Å²) >= 11 is 0. The van der Waals surface area contributed by atoms with Crippen LogP contribution in [0.5, 0.6) is 5.88 Å². The summed E-state index contributed by atoms with van der Waals surface area (Å²) in [4.78, 5) is 28.3. The van der Waals surface area contributed by atoms with E-state index in [2.05, 4.69) is 37.9 Å². The van der Waals surface area contributed by atoms with Gasteiger partial charge in [-0.3, -0.25) is 4.79 Å². The molecule has 5 rings (SSSR count). The summed E-state index contributed by atoms with van der Waals surface area (Å²) in [5.41, 5.74) is 4.81. The first-order chi connectivity index (χ1) is 16.6. The van der Waals surface area contributed by atoms with Crippen LogP contribution in [0.15, 0.2) is 61.7 Å². The van der Waals surface area contributed by atoms with E-state index in [9.17, 15) is 10.1 Å². The summed E-state index contributed by atoms with van der Waals surface area (Å²) in [6.45, 7) is 4.64. The van der Waals surface area contributed by atoms with Crippen molar-refractivity contribution >= 4 is 22.6 Å². The topological polar surface area (TPSA) is 126 Å². The van der Waals surface area contributed by atoms with Crippen LogP contribution < -0.4 is 10.1 Å². The molecule has 0 radical (unpaired) electrons. The molecule has 1 saturated heterocycles. The van der Waals surface area contributed by atoms with E-state index < -0.39 is 0 Å². The molecular weight excluding hydrogens is 432 g/mol. The van der Waals surface area contributed by atoms with Gasteiger partial charge in [-0.25, -0.2) is 15.0 Å². The lowest BCUT2D eigenvalue weighted by molar-refractivity contribution is -0.111. The summed E-state index contributed by atoms with van der Waals surface area (Å²) in [6.07, 6.45) is 8.72. The largest absolute Gasteiger partial charge is 0.470 e. The van der Waals surface area contributed by atoms with Crippen LogP contribution in [0, 0.1) is 11.3 Å². The number of anilines is 1. The van der Waals surface area contributed by atoms with Crippen molar-refractivity contribution in [3.05, 3.63) is 67.4 Å². The number of ether oxygens (including phenoxy) is 2. The third kappa shape index (κ3) is 4.22. The molecule has 5 heterocycles. The van der Waals surface area contributed by atoms with E-state index in [1.807, 2.05) is 18.3 Å². The summed E-state index contributed by atoms with van der Waals surface area (Å²) < 4.78 is 11.3. The second kappa shape index (κ2) is 9.13. The van der Waals surface area contributed by atoms with Crippen molar-refractivity contribution in [1.29, 1.82) is 5.26 Å². The number of aromatic nitrogens is 4. The Hall–Kier alpha value is -4.55. The van der Waals surface area contributed by atoms with E-state index in [0.717, 1.165) is 34.1 Å². The Morgan fingerprint density at radius 1 is 1.24 bits per heavy atom. The van der Waals surface area contributed by atoms with Crippen molar-refractivity contribution in [2.24, 2.45) is 0 Å². The van der Waals surface area contributed by atoms with Gasteiger partial charge in [0.05, 0.1) is 13.2 Å². The van der Waals surface area contributed by atoms with Gasteiger partial charge >= 0.3 is 0 Å². The molecule has 1 amide bonds. The van der Waals surface area contributed by atoms with E-state index in [1.54, 1.807) is 30.7 Å². The maximum atomic E-state index is 12.0. The SMILES string of the molecule is C=CC(=O)Nc1cc(-c2cnc3[nH]cc(-c4ccnc(C#N)c4)c3c2)cnc1OC1CCOC1. The minimum absolute atomic E-state index is 0.114. The van der Waals surface area contributed by atoms with Crippen LogP contribution in [0.25, 0.3) is 33.3 Å². The summed E-state index contributed by atoms with van der Waals surface area (Å²) in [5.74, 6) is -0.0365. The van der Waals surface area contributed by atoms with Crippen molar-refractivity contribution < 1.29 is 14.3 Å². The van der Waals surface area contributed by atoms with Crippen molar-refractivity contribution in [3.63, 3.8) is 0 Å². The van der Waals surface area contributed by atoms with E-state index in [-0.39, 0.29) is 12.0 Å². The van der Waals surface area contributed by atoms with Gasteiger partial charge in [-0.1, -0.05) is 6.58 Å². The molecule has 4 aromatic heterocycles. The number of amides is 1. The minimum Gasteiger partial charge on any atom is -0.470 e. The number of nitrogens with zero attached hydrogens (tertiary/aromatic N) is 4. The lowest BCUT2D eigenvalue weighted by Gasteiger charge is -2.15. The summed E-state index contributed by atoms with van der Waals surface area (Å²) in [6, 6.07) is 9.44. The number of nitriles is 1. The molecule has 0 bridgehead atoms. The van der Waals surface area contributed by atoms with Crippen LogP contribution >= 0.6 is 0 Å². The van der Waals surface area contributed by atoms with Crippen LogP contribution in [0.2, 0.25) is 0 Å². The second-order valence-corrected chi connectivity index (χ2v) is 7.74. The smallest absolute Gasteiger partial charge is 0.247 e. The quantitative estimate of drug-likeness (QED) is 0.426. The molecule has 0 aliphatic carbocycles. The maximum Gasteiger partial charge on any atom is 0.247 e. The molecule has 1 atom stereocenters. The third-order valence-corrected chi connectivity index (χ3v) is 5.51. The fraction of sp³-hybridized carbons (Fsp3) is 0.160. The molecule has 1 aliphatic rings. The average Bonchev–Trinajstić information content (AvgIpc) is 3.54. The number of H-pyrrole nitrogens is 1. The van der Waals surface area contributed by atoms with Gasteiger partial charge in [0, 0.05) is 53.3 Å². The summed E-state index contributed by atoms with van der Waals surface area (Å²) in [5, 5.41) is 12.9. The second-order valence-electron chi connectivity index (χ2n) is 7.74. The van der Waals surface area contributed by atoms with Gasteiger partial charge in [-0.15, -0.1) is 0 Å². The molecule has 1 fully saturated rings. The van der Waals surface area contributed by atoms with E-state index in [1.165, 1.54) is 6.08 Å². The standard InChI is InChI=1S/C25H20N6O3/c1-2-23(32)31-22-9-17(12-30-25(22)34-19-4-6-33-14-19)16-8-20-21(13-29-24(20)28-11-16)15-3-5-27-18(7-15)10-26/h2-3,5,7-9,11-13,19H,1,4,6,14H2,(H,28,29)(H,31,32). The molecule has 9 nitrogen and oxygen atoms in total. The number of carbonyl (C=O) groups excluding carboxylic acids is 1. The number of rotatable bonds is 6. The molecule has 0 spiro atoms. The number of aromatic amines is 1. The number of hydrogen-bond acceptors (Lipinski definition) is 7. The van der Waals surface area contributed by atoms with Crippen molar-refractivity contribution in [1.82, 2.24) is 19.9 Å². The Labute approximate surface area is 195 Å². The van der Waals surface area contributed by atoms with E-state index in [0.29, 0.717) is 36.1 Å². The normalized spacial score (nSPS) is 15.1. The predicted molar refractivity (Wildman–Crippen MR) is 126 cm³/mol. The van der Waals surface area contributed by atoms with Gasteiger partial charge in [-0.2, -0.15) is 5.26 Å². The Balaban J connectivity index is 1.54.